The highest BCUT2D eigenvalue weighted by molar-refractivity contribution is 5.30. The second-order valence-corrected chi connectivity index (χ2v) is 6.00. The van der Waals surface area contributed by atoms with Crippen LogP contribution in [0, 0.1) is 0 Å². The third-order valence-electron chi connectivity index (χ3n) is 3.76. The van der Waals surface area contributed by atoms with Gasteiger partial charge >= 0.3 is 0 Å². The summed E-state index contributed by atoms with van der Waals surface area (Å²) in [6.07, 6.45) is 27.5. The van der Waals surface area contributed by atoms with Crippen molar-refractivity contribution < 1.29 is 0 Å². The van der Waals surface area contributed by atoms with Crippen molar-refractivity contribution in [2.24, 2.45) is 0 Å². The molecule has 0 bridgehead atoms. The fourth-order valence-corrected chi connectivity index (χ4v) is 2.30. The fraction of sp³-hybridized carbons (Fsp3) is 0.714. The van der Waals surface area contributed by atoms with E-state index in [9.17, 15) is 0 Å². The molecule has 0 aliphatic rings. The topological polar surface area (TPSA) is 0 Å². The van der Waals surface area contributed by atoms with Gasteiger partial charge in [-0.1, -0.05) is 96.1 Å². The van der Waals surface area contributed by atoms with Gasteiger partial charge in [0.15, 0.2) is 0 Å². The minimum atomic E-state index is 1.22. The number of allylic oxidation sites excluding steroid dienone is 6. The van der Waals surface area contributed by atoms with Crippen LogP contribution >= 0.6 is 0 Å². The lowest BCUT2D eigenvalue weighted by atomic mass is 10.1. The Morgan fingerprint density at radius 2 is 1.10 bits per heavy atom. The number of hydrogen-bond acceptors (Lipinski definition) is 0. The third kappa shape index (κ3) is 15.4. The molecule has 122 valence electrons. The summed E-state index contributed by atoms with van der Waals surface area (Å²) in [5.74, 6) is 0. The van der Waals surface area contributed by atoms with Gasteiger partial charge in [-0.25, -0.2) is 0 Å². The van der Waals surface area contributed by atoms with Crippen LogP contribution in [-0.2, 0) is 0 Å². The summed E-state index contributed by atoms with van der Waals surface area (Å²) < 4.78 is 0. The SMILES string of the molecule is CCCCC=CC(C=CCCCCC)=CCCCCCC. The lowest BCUT2D eigenvalue weighted by molar-refractivity contribution is 0.674. The van der Waals surface area contributed by atoms with Crippen LogP contribution in [0.4, 0.5) is 0 Å². The first kappa shape index (κ1) is 20.2. The molecule has 0 heterocycles. The van der Waals surface area contributed by atoms with Crippen LogP contribution in [0.2, 0.25) is 0 Å². The predicted molar refractivity (Wildman–Crippen MR) is 98.8 cm³/mol. The molecule has 21 heavy (non-hydrogen) atoms. The molecule has 0 saturated carbocycles. The Kier molecular flexibility index (Phi) is 16.6. The molecule has 0 fully saturated rings. The minimum absolute atomic E-state index is 1.22. The summed E-state index contributed by atoms with van der Waals surface area (Å²) >= 11 is 0. The van der Waals surface area contributed by atoms with Gasteiger partial charge in [-0.05, 0) is 37.7 Å². The maximum absolute atomic E-state index is 2.43. The van der Waals surface area contributed by atoms with Crippen LogP contribution in [0.15, 0.2) is 36.0 Å². The first-order chi connectivity index (χ1) is 10.3. The van der Waals surface area contributed by atoms with Crippen molar-refractivity contribution >= 4 is 0 Å². The fourth-order valence-electron chi connectivity index (χ4n) is 2.30. The van der Waals surface area contributed by atoms with E-state index in [4.69, 9.17) is 0 Å². The highest BCUT2D eigenvalue weighted by atomic mass is 14.0. The molecule has 0 aromatic rings. The molecule has 0 spiro atoms. The van der Waals surface area contributed by atoms with Crippen LogP contribution in [0.3, 0.4) is 0 Å². The van der Waals surface area contributed by atoms with Crippen LogP contribution in [0.25, 0.3) is 0 Å². The maximum Gasteiger partial charge on any atom is -0.0303 e. The van der Waals surface area contributed by atoms with Gasteiger partial charge in [-0.15, -0.1) is 0 Å². The molecular formula is C21H38. The monoisotopic (exact) mass is 290 g/mol. The molecule has 0 unspecified atom stereocenters. The summed E-state index contributed by atoms with van der Waals surface area (Å²) in [5.41, 5.74) is 1.42. The van der Waals surface area contributed by atoms with Crippen molar-refractivity contribution in [1.29, 1.82) is 0 Å². The molecule has 0 aliphatic carbocycles. The summed E-state index contributed by atoms with van der Waals surface area (Å²) in [4.78, 5) is 0. The Morgan fingerprint density at radius 3 is 1.71 bits per heavy atom. The Hall–Kier alpha value is -0.780. The largest absolute Gasteiger partial charge is 0.0840 e. The van der Waals surface area contributed by atoms with Crippen molar-refractivity contribution in [2.75, 3.05) is 0 Å². The molecule has 0 nitrogen and oxygen atoms in total. The molecule has 0 heteroatoms. The zero-order valence-corrected chi connectivity index (χ0v) is 14.9. The highest BCUT2D eigenvalue weighted by Crippen LogP contribution is 2.10. The van der Waals surface area contributed by atoms with Crippen molar-refractivity contribution in [2.45, 2.75) is 97.8 Å². The van der Waals surface area contributed by atoms with E-state index in [-0.39, 0.29) is 0 Å². The van der Waals surface area contributed by atoms with Crippen LogP contribution in [0.1, 0.15) is 97.8 Å². The maximum atomic E-state index is 2.43. The lowest BCUT2D eigenvalue weighted by Gasteiger charge is -1.99. The summed E-state index contributed by atoms with van der Waals surface area (Å²) in [6.45, 7) is 6.80. The average molecular weight is 291 g/mol. The van der Waals surface area contributed by atoms with Crippen LogP contribution in [-0.4, -0.2) is 0 Å². The molecule has 0 aromatic carbocycles. The quantitative estimate of drug-likeness (QED) is 0.226. The summed E-state index contributed by atoms with van der Waals surface area (Å²) in [5, 5.41) is 0. The zero-order valence-electron chi connectivity index (χ0n) is 14.9. The van der Waals surface area contributed by atoms with Crippen LogP contribution < -0.4 is 0 Å². The molecule has 0 saturated heterocycles. The van der Waals surface area contributed by atoms with Crippen LogP contribution in [0.5, 0.6) is 0 Å². The smallest absolute Gasteiger partial charge is 0.0303 e. The molecule has 0 rings (SSSR count). The van der Waals surface area contributed by atoms with Gasteiger partial charge in [0.2, 0.25) is 0 Å². The number of rotatable bonds is 14. The summed E-state index contributed by atoms with van der Waals surface area (Å²) in [7, 11) is 0. The standard InChI is InChI=1S/C21H38/c1-4-7-10-13-16-19-21(18-15-12-9-6-3)20-17-14-11-8-5-2/h15-16,18-20H,4-14,17H2,1-3H3. The van der Waals surface area contributed by atoms with E-state index in [1.165, 1.54) is 82.6 Å². The number of hydrogen-bond donors (Lipinski definition) is 0. The van der Waals surface area contributed by atoms with Crippen molar-refractivity contribution in [3.8, 4) is 0 Å². The van der Waals surface area contributed by atoms with Gasteiger partial charge in [0.25, 0.3) is 0 Å². The van der Waals surface area contributed by atoms with Gasteiger partial charge in [-0.3, -0.25) is 0 Å². The molecule has 0 amide bonds. The molecule has 0 N–H and O–H groups in total. The first-order valence-electron chi connectivity index (χ1n) is 9.38. The van der Waals surface area contributed by atoms with Gasteiger partial charge in [-0.2, -0.15) is 0 Å². The normalized spacial score (nSPS) is 12.8. The van der Waals surface area contributed by atoms with Crippen molar-refractivity contribution in [1.82, 2.24) is 0 Å². The van der Waals surface area contributed by atoms with E-state index in [0.717, 1.165) is 0 Å². The van der Waals surface area contributed by atoms with Gasteiger partial charge < -0.3 is 0 Å². The molecule has 0 atom stereocenters. The van der Waals surface area contributed by atoms with E-state index in [1.807, 2.05) is 0 Å². The average Bonchev–Trinajstić information content (AvgIpc) is 2.50. The van der Waals surface area contributed by atoms with E-state index in [0.29, 0.717) is 0 Å². The van der Waals surface area contributed by atoms with E-state index in [1.54, 1.807) is 0 Å². The second kappa shape index (κ2) is 17.3. The molecule has 0 aromatic heterocycles. The lowest BCUT2D eigenvalue weighted by Crippen LogP contribution is -1.79. The Morgan fingerprint density at radius 1 is 0.571 bits per heavy atom. The molecular weight excluding hydrogens is 252 g/mol. The van der Waals surface area contributed by atoms with E-state index >= 15 is 0 Å². The predicted octanol–water partition coefficient (Wildman–Crippen LogP) is 7.77. The Bertz CT molecular complexity index is 280. The number of unbranched alkanes of at least 4 members (excludes halogenated alkanes) is 9. The third-order valence-corrected chi connectivity index (χ3v) is 3.76. The minimum Gasteiger partial charge on any atom is -0.0840 e. The van der Waals surface area contributed by atoms with E-state index in [2.05, 4.69) is 51.2 Å². The van der Waals surface area contributed by atoms with Gasteiger partial charge in [0.1, 0.15) is 0 Å². The van der Waals surface area contributed by atoms with Gasteiger partial charge in [0, 0.05) is 0 Å². The van der Waals surface area contributed by atoms with Gasteiger partial charge in [0.05, 0.1) is 0 Å². The Balaban J connectivity index is 4.18. The molecule has 0 radical (unpaired) electrons. The van der Waals surface area contributed by atoms with Crippen molar-refractivity contribution in [3.63, 3.8) is 0 Å². The highest BCUT2D eigenvalue weighted by Gasteiger charge is 1.90. The molecule has 0 aliphatic heterocycles. The zero-order chi connectivity index (χ0) is 15.6. The summed E-state index contributed by atoms with van der Waals surface area (Å²) in [6, 6.07) is 0. The second-order valence-electron chi connectivity index (χ2n) is 6.00. The first-order valence-corrected chi connectivity index (χ1v) is 9.38. The van der Waals surface area contributed by atoms with E-state index < -0.39 is 0 Å². The van der Waals surface area contributed by atoms with Crippen molar-refractivity contribution in [3.05, 3.63) is 36.0 Å². The Labute approximate surface area is 134 Å².